The maximum atomic E-state index is 3.61. The molecule has 2 rings (SSSR count). The summed E-state index contributed by atoms with van der Waals surface area (Å²) < 4.78 is 0. The third-order valence-electron chi connectivity index (χ3n) is 4.54. The van der Waals surface area contributed by atoms with Crippen LogP contribution in [0.25, 0.3) is 12.2 Å². The second-order valence-electron chi connectivity index (χ2n) is 8.83. The van der Waals surface area contributed by atoms with Crippen LogP contribution in [0.5, 0.6) is 0 Å². The van der Waals surface area contributed by atoms with Crippen LogP contribution in [0.3, 0.4) is 0 Å². The first kappa shape index (κ1) is 22.0. The third-order valence-corrected chi connectivity index (χ3v) is 4.54. The van der Waals surface area contributed by atoms with Gasteiger partial charge in [0.15, 0.2) is 0 Å². The smallest absolute Gasteiger partial charge is 0.0386 e. The highest BCUT2D eigenvalue weighted by Gasteiger charge is 2.10. The lowest BCUT2D eigenvalue weighted by molar-refractivity contribution is 0.379. The van der Waals surface area contributed by atoms with Crippen molar-refractivity contribution in [3.8, 4) is 0 Å². The van der Waals surface area contributed by atoms with Crippen LogP contribution in [-0.4, -0.2) is 27.2 Å². The summed E-state index contributed by atoms with van der Waals surface area (Å²) in [7, 11) is 4.13. The van der Waals surface area contributed by atoms with E-state index in [4.69, 9.17) is 0 Å². The molecule has 3 nitrogen and oxygen atoms in total. The van der Waals surface area contributed by atoms with Gasteiger partial charge in [-0.15, -0.1) is 0 Å². The van der Waals surface area contributed by atoms with Gasteiger partial charge in [-0.1, -0.05) is 58.0 Å². The van der Waals surface area contributed by atoms with Crippen LogP contribution in [-0.2, 0) is 6.54 Å². The zero-order chi connectivity index (χ0) is 20.6. The van der Waals surface area contributed by atoms with E-state index in [1.54, 1.807) is 0 Å². The van der Waals surface area contributed by atoms with Crippen LogP contribution >= 0.6 is 0 Å². The summed E-state index contributed by atoms with van der Waals surface area (Å²) in [5, 5.41) is 7.17. The van der Waals surface area contributed by atoms with Crippen molar-refractivity contribution in [2.24, 2.45) is 5.41 Å². The lowest BCUT2D eigenvalue weighted by atomic mass is 9.97. The number of nitrogens with one attached hydrogen (secondary N) is 2. The molecule has 0 radical (unpaired) electrons. The molecular formula is C25H37N3. The van der Waals surface area contributed by atoms with Crippen molar-refractivity contribution in [3.63, 3.8) is 0 Å². The monoisotopic (exact) mass is 379 g/mol. The number of rotatable bonds is 9. The quantitative estimate of drug-likeness (QED) is 0.533. The van der Waals surface area contributed by atoms with Crippen molar-refractivity contribution >= 4 is 23.5 Å². The minimum Gasteiger partial charge on any atom is -0.385 e. The molecule has 0 aliphatic rings. The average Bonchev–Trinajstić information content (AvgIpc) is 2.65. The molecule has 0 aromatic heterocycles. The highest BCUT2D eigenvalue weighted by atomic mass is 15.1. The van der Waals surface area contributed by atoms with Gasteiger partial charge >= 0.3 is 0 Å². The number of nitrogens with zero attached hydrogens (tertiary/aromatic N) is 1. The Balaban J connectivity index is 2.13. The number of benzene rings is 2. The van der Waals surface area contributed by atoms with Gasteiger partial charge in [0.25, 0.3) is 0 Å². The zero-order valence-electron chi connectivity index (χ0n) is 18.5. The maximum Gasteiger partial charge on any atom is 0.0386 e. The topological polar surface area (TPSA) is 27.3 Å². The Morgan fingerprint density at radius 1 is 0.929 bits per heavy atom. The summed E-state index contributed by atoms with van der Waals surface area (Å²) >= 11 is 0. The van der Waals surface area contributed by atoms with Crippen molar-refractivity contribution in [2.75, 3.05) is 37.4 Å². The number of hydrogen-bond donors (Lipinski definition) is 2. The van der Waals surface area contributed by atoms with E-state index in [2.05, 4.69) is 112 Å². The molecule has 0 saturated heterocycles. The SMILES string of the molecule is CCCNc1ccc(/C=C/c2ccc(N(C)C)cc2)cc1CNCC(C)(C)C. The molecule has 28 heavy (non-hydrogen) atoms. The largest absolute Gasteiger partial charge is 0.385 e. The second-order valence-corrected chi connectivity index (χ2v) is 8.83. The Kier molecular flexibility index (Phi) is 8.13. The van der Waals surface area contributed by atoms with Crippen LogP contribution in [0.1, 0.15) is 50.8 Å². The maximum absolute atomic E-state index is 3.61. The first-order valence-electron chi connectivity index (χ1n) is 10.3. The predicted molar refractivity (Wildman–Crippen MR) is 126 cm³/mol. The van der Waals surface area contributed by atoms with Gasteiger partial charge in [0.2, 0.25) is 0 Å². The van der Waals surface area contributed by atoms with Gasteiger partial charge in [-0.25, -0.2) is 0 Å². The molecule has 0 fully saturated rings. The standard InChI is InChI=1S/C25H37N3/c1-7-16-27-24-15-12-21(17-22(24)18-26-19-25(2,3)4)9-8-20-10-13-23(14-11-20)28(5)6/h8-15,17,26-27H,7,16,18-19H2,1-6H3/b9-8+. The van der Waals surface area contributed by atoms with Crippen LogP contribution in [0.2, 0.25) is 0 Å². The lowest BCUT2D eigenvalue weighted by Crippen LogP contribution is -2.26. The first-order chi connectivity index (χ1) is 13.3. The number of anilines is 2. The summed E-state index contributed by atoms with van der Waals surface area (Å²) in [5.41, 5.74) is 6.50. The summed E-state index contributed by atoms with van der Waals surface area (Å²) in [6.45, 7) is 11.9. The zero-order valence-corrected chi connectivity index (χ0v) is 18.5. The molecule has 152 valence electrons. The normalized spacial score (nSPS) is 11.8. The molecule has 0 aliphatic carbocycles. The lowest BCUT2D eigenvalue weighted by Gasteiger charge is -2.20. The van der Waals surface area contributed by atoms with Crippen LogP contribution in [0.4, 0.5) is 11.4 Å². The second kappa shape index (κ2) is 10.3. The van der Waals surface area contributed by atoms with Crippen molar-refractivity contribution in [1.29, 1.82) is 0 Å². The third kappa shape index (κ3) is 7.40. The predicted octanol–water partition coefficient (Wildman–Crippen LogP) is 5.88. The fraction of sp³-hybridized carbons (Fsp3) is 0.440. The van der Waals surface area contributed by atoms with Crippen molar-refractivity contribution < 1.29 is 0 Å². The van der Waals surface area contributed by atoms with E-state index in [9.17, 15) is 0 Å². The Morgan fingerprint density at radius 2 is 1.57 bits per heavy atom. The molecule has 0 amide bonds. The highest BCUT2D eigenvalue weighted by Crippen LogP contribution is 2.21. The van der Waals surface area contributed by atoms with Crippen LogP contribution < -0.4 is 15.5 Å². The van der Waals surface area contributed by atoms with Crippen molar-refractivity contribution in [2.45, 2.75) is 40.7 Å². The molecule has 3 heteroatoms. The molecule has 0 atom stereocenters. The molecule has 2 aromatic rings. The Bertz CT molecular complexity index is 752. The fourth-order valence-electron chi connectivity index (χ4n) is 2.94. The molecule has 2 aromatic carbocycles. The van der Waals surface area contributed by atoms with Crippen LogP contribution in [0, 0.1) is 5.41 Å². The van der Waals surface area contributed by atoms with E-state index in [1.807, 2.05) is 0 Å². The molecule has 0 saturated carbocycles. The van der Waals surface area contributed by atoms with E-state index in [1.165, 1.54) is 28.1 Å². The highest BCUT2D eigenvalue weighted by molar-refractivity contribution is 5.72. The van der Waals surface area contributed by atoms with Gasteiger partial charge in [0, 0.05) is 45.1 Å². The van der Waals surface area contributed by atoms with Gasteiger partial charge in [-0.05, 0) is 52.8 Å². The Labute approximate surface area is 171 Å². The van der Waals surface area contributed by atoms with E-state index in [0.717, 1.165) is 26.1 Å². The van der Waals surface area contributed by atoms with E-state index >= 15 is 0 Å². The molecule has 0 bridgehead atoms. The van der Waals surface area contributed by atoms with Crippen molar-refractivity contribution in [1.82, 2.24) is 5.32 Å². The first-order valence-corrected chi connectivity index (χ1v) is 10.3. The van der Waals surface area contributed by atoms with Gasteiger partial charge in [0.1, 0.15) is 0 Å². The summed E-state index contributed by atoms with van der Waals surface area (Å²) in [6, 6.07) is 15.3. The minimum atomic E-state index is 0.285. The summed E-state index contributed by atoms with van der Waals surface area (Å²) in [4.78, 5) is 2.12. The Morgan fingerprint density at radius 3 is 2.18 bits per heavy atom. The molecular weight excluding hydrogens is 342 g/mol. The average molecular weight is 380 g/mol. The van der Waals surface area contributed by atoms with E-state index in [0.29, 0.717) is 0 Å². The fourth-order valence-corrected chi connectivity index (χ4v) is 2.94. The van der Waals surface area contributed by atoms with Crippen LogP contribution in [0.15, 0.2) is 42.5 Å². The van der Waals surface area contributed by atoms with Crippen molar-refractivity contribution in [3.05, 3.63) is 59.2 Å². The number of hydrogen-bond acceptors (Lipinski definition) is 3. The van der Waals surface area contributed by atoms with Gasteiger partial charge in [0.05, 0.1) is 0 Å². The molecule has 0 spiro atoms. The molecule has 2 N–H and O–H groups in total. The molecule has 0 aliphatic heterocycles. The van der Waals surface area contributed by atoms with E-state index in [-0.39, 0.29) is 5.41 Å². The van der Waals surface area contributed by atoms with Gasteiger partial charge < -0.3 is 15.5 Å². The summed E-state index contributed by atoms with van der Waals surface area (Å²) in [5.74, 6) is 0. The van der Waals surface area contributed by atoms with Gasteiger partial charge in [-0.2, -0.15) is 0 Å². The molecule has 0 unspecified atom stereocenters. The minimum absolute atomic E-state index is 0.285. The Hall–Kier alpha value is -2.26. The molecule has 0 heterocycles. The van der Waals surface area contributed by atoms with E-state index < -0.39 is 0 Å². The van der Waals surface area contributed by atoms with Gasteiger partial charge in [-0.3, -0.25) is 0 Å². The summed E-state index contributed by atoms with van der Waals surface area (Å²) in [6.07, 6.45) is 5.50.